The van der Waals surface area contributed by atoms with Gasteiger partial charge < -0.3 is 21.3 Å². The van der Waals surface area contributed by atoms with E-state index in [2.05, 4.69) is 25.5 Å². The van der Waals surface area contributed by atoms with Gasteiger partial charge in [-0.2, -0.15) is 18.2 Å². The Balaban J connectivity index is 1.63. The van der Waals surface area contributed by atoms with E-state index in [1.807, 2.05) is 0 Å². The minimum absolute atomic E-state index is 0.0427. The third-order valence-corrected chi connectivity index (χ3v) is 5.65. The lowest BCUT2D eigenvalue weighted by Crippen LogP contribution is -2.47. The number of hydrogen-bond acceptors (Lipinski definition) is 6. The monoisotopic (exact) mass is 434 g/mol. The topological polar surface area (TPSA) is 96.2 Å². The number of fused-ring (bicyclic) bond motifs is 1. The quantitative estimate of drug-likeness (QED) is 0.639. The first kappa shape index (κ1) is 21.2. The summed E-state index contributed by atoms with van der Waals surface area (Å²) in [6.07, 6.45) is -0.0916. The van der Waals surface area contributed by atoms with Gasteiger partial charge in [-0.15, -0.1) is 0 Å². The average molecular weight is 434 g/mol. The van der Waals surface area contributed by atoms with E-state index >= 15 is 0 Å². The molecule has 2 heterocycles. The Labute approximate surface area is 178 Å². The number of nitrogen functional groups attached to an aromatic ring is 1. The van der Waals surface area contributed by atoms with Gasteiger partial charge in [0.15, 0.2) is 0 Å². The van der Waals surface area contributed by atoms with Crippen LogP contribution in [-0.2, 0) is 23.8 Å². The summed E-state index contributed by atoms with van der Waals surface area (Å²) in [6, 6.07) is 3.72. The number of nitrogens with zero attached hydrogens (tertiary/aromatic N) is 3. The number of hydrogen-bond donors (Lipinski definition) is 3. The van der Waals surface area contributed by atoms with E-state index in [0.717, 1.165) is 61.8 Å². The molecule has 1 aromatic carbocycles. The number of halogens is 3. The molecule has 1 amide bonds. The van der Waals surface area contributed by atoms with Crippen molar-refractivity contribution in [1.82, 2.24) is 15.3 Å². The van der Waals surface area contributed by atoms with Crippen molar-refractivity contribution >= 4 is 29.0 Å². The van der Waals surface area contributed by atoms with Crippen molar-refractivity contribution in [3.63, 3.8) is 0 Å². The molecule has 0 saturated carbocycles. The molecule has 1 atom stereocenters. The van der Waals surface area contributed by atoms with Crippen molar-refractivity contribution in [2.24, 2.45) is 0 Å². The van der Waals surface area contributed by atoms with Gasteiger partial charge in [-0.1, -0.05) is 0 Å². The van der Waals surface area contributed by atoms with Gasteiger partial charge in [0.25, 0.3) is 0 Å². The van der Waals surface area contributed by atoms with Gasteiger partial charge in [0.2, 0.25) is 11.9 Å². The van der Waals surface area contributed by atoms with Crippen LogP contribution in [0.1, 0.15) is 43.0 Å². The first-order valence-electron chi connectivity index (χ1n) is 10.4. The molecule has 31 heavy (non-hydrogen) atoms. The molecule has 166 valence electrons. The number of carbonyl (C=O) groups excluding carboxylic acids is 1. The summed E-state index contributed by atoms with van der Waals surface area (Å²) in [5.41, 5.74) is 6.50. The summed E-state index contributed by atoms with van der Waals surface area (Å²) >= 11 is 0. The maximum Gasteiger partial charge on any atom is 0.418 e. The van der Waals surface area contributed by atoms with Gasteiger partial charge in [0.05, 0.1) is 11.3 Å². The predicted molar refractivity (Wildman–Crippen MR) is 112 cm³/mol. The Morgan fingerprint density at radius 2 is 2.03 bits per heavy atom. The Kier molecular flexibility index (Phi) is 5.63. The lowest BCUT2D eigenvalue weighted by Gasteiger charge is -2.35. The fourth-order valence-electron chi connectivity index (χ4n) is 4.31. The van der Waals surface area contributed by atoms with Crippen LogP contribution < -0.4 is 21.3 Å². The zero-order valence-electron chi connectivity index (χ0n) is 17.2. The number of benzene rings is 1. The molecule has 4 rings (SSSR count). The number of anilines is 4. The molecule has 10 heteroatoms. The summed E-state index contributed by atoms with van der Waals surface area (Å²) in [6.45, 7) is 2.95. The molecule has 0 radical (unpaired) electrons. The number of amides is 1. The predicted octanol–water partition coefficient (Wildman–Crippen LogP) is 3.41. The van der Waals surface area contributed by atoms with Crippen molar-refractivity contribution in [2.75, 3.05) is 29.0 Å². The Bertz CT molecular complexity index is 994. The molecule has 7 nitrogen and oxygen atoms in total. The Morgan fingerprint density at radius 3 is 2.77 bits per heavy atom. The second-order valence-electron chi connectivity index (χ2n) is 8.06. The highest BCUT2D eigenvalue weighted by molar-refractivity contribution is 5.73. The second-order valence-corrected chi connectivity index (χ2v) is 8.06. The second kappa shape index (κ2) is 8.24. The van der Waals surface area contributed by atoms with Crippen molar-refractivity contribution in [3.05, 3.63) is 35.0 Å². The normalized spacial score (nSPS) is 18.6. The summed E-state index contributed by atoms with van der Waals surface area (Å²) in [5, 5.41) is 5.89. The van der Waals surface area contributed by atoms with Gasteiger partial charge in [0.1, 0.15) is 5.82 Å². The lowest BCUT2D eigenvalue weighted by atomic mass is 10.0. The van der Waals surface area contributed by atoms with E-state index in [1.54, 1.807) is 0 Å². The number of nitrogens with two attached hydrogens (primary N) is 1. The van der Waals surface area contributed by atoms with Crippen molar-refractivity contribution in [1.29, 1.82) is 0 Å². The summed E-state index contributed by atoms with van der Waals surface area (Å²) in [7, 11) is 0. The molecule has 4 N–H and O–H groups in total. The summed E-state index contributed by atoms with van der Waals surface area (Å²) in [4.78, 5) is 22.8. The molecule has 0 bridgehead atoms. The average Bonchev–Trinajstić information content (AvgIpc) is 3.16. The van der Waals surface area contributed by atoms with Crippen LogP contribution in [0.4, 0.5) is 36.3 Å². The standard InChI is InChI=1S/C21H25F3N6O/c1-12(31)26-14-4-3-9-30(11-14)19-15-5-2-6-18(15)28-20(29-19)27-13-7-8-17(25)16(10-13)21(22,23)24/h7-8,10,14H,2-6,9,11,25H2,1H3,(H,26,31)(H,27,28,29). The number of nitrogens with one attached hydrogen (secondary N) is 2. The molecule has 1 saturated heterocycles. The summed E-state index contributed by atoms with van der Waals surface area (Å²) < 4.78 is 39.6. The van der Waals surface area contributed by atoms with Crippen LogP contribution in [0.25, 0.3) is 0 Å². The van der Waals surface area contributed by atoms with Crippen molar-refractivity contribution in [2.45, 2.75) is 51.2 Å². The van der Waals surface area contributed by atoms with Crippen molar-refractivity contribution < 1.29 is 18.0 Å². The Hall–Kier alpha value is -3.04. The number of carbonyl (C=O) groups is 1. The lowest BCUT2D eigenvalue weighted by molar-refractivity contribution is -0.136. The number of alkyl halides is 3. The number of aromatic nitrogens is 2. The molecule has 1 fully saturated rings. The van der Waals surface area contributed by atoms with Gasteiger partial charge >= 0.3 is 6.18 Å². The van der Waals surface area contributed by atoms with Crippen LogP contribution >= 0.6 is 0 Å². The Morgan fingerprint density at radius 1 is 1.23 bits per heavy atom. The molecule has 1 aliphatic heterocycles. The minimum atomic E-state index is -4.54. The van der Waals surface area contributed by atoms with Crippen LogP contribution in [0.15, 0.2) is 18.2 Å². The minimum Gasteiger partial charge on any atom is -0.398 e. The largest absolute Gasteiger partial charge is 0.418 e. The molecule has 2 aromatic rings. The van der Waals surface area contributed by atoms with E-state index in [1.165, 1.54) is 19.1 Å². The van der Waals surface area contributed by atoms with Crippen LogP contribution in [0.5, 0.6) is 0 Å². The zero-order chi connectivity index (χ0) is 22.2. The maximum atomic E-state index is 13.2. The van der Waals surface area contributed by atoms with E-state index in [0.29, 0.717) is 6.54 Å². The fourth-order valence-corrected chi connectivity index (χ4v) is 4.31. The van der Waals surface area contributed by atoms with Gasteiger partial charge in [-0.25, -0.2) is 4.98 Å². The van der Waals surface area contributed by atoms with Crippen LogP contribution in [0, 0.1) is 0 Å². The zero-order valence-corrected chi connectivity index (χ0v) is 17.2. The first-order valence-corrected chi connectivity index (χ1v) is 10.4. The molecule has 1 aromatic heterocycles. The third kappa shape index (κ3) is 4.67. The van der Waals surface area contributed by atoms with E-state index in [9.17, 15) is 18.0 Å². The molecule has 1 aliphatic carbocycles. The van der Waals surface area contributed by atoms with Crippen LogP contribution in [0.3, 0.4) is 0 Å². The molecular weight excluding hydrogens is 409 g/mol. The van der Waals surface area contributed by atoms with Gasteiger partial charge in [-0.05, 0) is 50.3 Å². The maximum absolute atomic E-state index is 13.2. The fraction of sp³-hybridized carbons (Fsp3) is 0.476. The van der Waals surface area contributed by atoms with E-state index in [4.69, 9.17) is 5.73 Å². The first-order chi connectivity index (χ1) is 14.7. The van der Waals surface area contributed by atoms with E-state index in [-0.39, 0.29) is 29.3 Å². The summed E-state index contributed by atoms with van der Waals surface area (Å²) in [5.74, 6) is 0.993. The molecule has 0 spiro atoms. The molecule has 2 aliphatic rings. The third-order valence-electron chi connectivity index (χ3n) is 5.65. The number of aryl methyl sites for hydroxylation is 1. The molecular formula is C21H25F3N6O. The van der Waals surface area contributed by atoms with Crippen LogP contribution in [0.2, 0.25) is 0 Å². The highest BCUT2D eigenvalue weighted by atomic mass is 19.4. The SMILES string of the molecule is CC(=O)NC1CCCN(c2nc(Nc3ccc(N)c(C(F)(F)F)c3)nc3c2CCC3)C1. The highest BCUT2D eigenvalue weighted by Gasteiger charge is 2.33. The van der Waals surface area contributed by atoms with Crippen LogP contribution in [-0.4, -0.2) is 35.0 Å². The van der Waals surface area contributed by atoms with Gasteiger partial charge in [0, 0.05) is 43.0 Å². The number of rotatable bonds is 4. The number of piperidine rings is 1. The van der Waals surface area contributed by atoms with Crippen molar-refractivity contribution in [3.8, 4) is 0 Å². The van der Waals surface area contributed by atoms with E-state index < -0.39 is 11.7 Å². The van der Waals surface area contributed by atoms with Gasteiger partial charge in [-0.3, -0.25) is 4.79 Å². The highest BCUT2D eigenvalue weighted by Crippen LogP contribution is 2.36. The smallest absolute Gasteiger partial charge is 0.398 e. The molecule has 1 unspecified atom stereocenters.